The number of phosphoric ester groups is 1. The van der Waals surface area contributed by atoms with E-state index in [1.165, 1.54) is 0 Å². The van der Waals surface area contributed by atoms with Crippen molar-refractivity contribution in [2.45, 2.75) is 45.8 Å². The first-order valence-electron chi connectivity index (χ1n) is 13.6. The van der Waals surface area contributed by atoms with Gasteiger partial charge in [-0.05, 0) is 52.9 Å². The lowest BCUT2D eigenvalue weighted by molar-refractivity contribution is -0.0472. The molecule has 1 aliphatic heterocycles. The smallest absolute Gasteiger partial charge is 0.379 e. The van der Waals surface area contributed by atoms with Gasteiger partial charge in [-0.2, -0.15) is 0 Å². The molecular formula is C31H37ClN3O6P. The maximum atomic E-state index is 11.8. The number of nitrogens with one attached hydrogen (secondary N) is 2. The van der Waals surface area contributed by atoms with Crippen LogP contribution < -0.4 is 5.32 Å². The average molecular weight is 614 g/mol. The molecule has 1 unspecified atom stereocenters. The summed E-state index contributed by atoms with van der Waals surface area (Å²) in [6, 6.07) is 18.5. The monoisotopic (exact) mass is 613 g/mol. The molecule has 4 aromatic rings. The molecule has 3 atom stereocenters. The Morgan fingerprint density at radius 2 is 1.88 bits per heavy atom. The average Bonchev–Trinajstić information content (AvgIpc) is 3.50. The zero-order chi connectivity index (χ0) is 30.7. The van der Waals surface area contributed by atoms with Gasteiger partial charge in [-0.15, -0.1) is 0 Å². The molecule has 5 rings (SSSR count). The number of imidazole rings is 1. The van der Waals surface area contributed by atoms with Crippen LogP contribution in [0.2, 0.25) is 5.02 Å². The lowest BCUT2D eigenvalue weighted by atomic mass is 9.82. The number of benzene rings is 3. The molecule has 2 heterocycles. The van der Waals surface area contributed by atoms with Crippen molar-refractivity contribution in [3.8, 4) is 0 Å². The maximum absolute atomic E-state index is 11.8. The molecule has 11 heteroatoms. The summed E-state index contributed by atoms with van der Waals surface area (Å²) in [6.07, 6.45) is 3.27. The van der Waals surface area contributed by atoms with Gasteiger partial charge < -0.3 is 20.3 Å². The number of hydrogen-bond acceptors (Lipinski definition) is 6. The Morgan fingerprint density at radius 1 is 1.19 bits per heavy atom. The van der Waals surface area contributed by atoms with Crippen molar-refractivity contribution in [1.29, 1.82) is 0 Å². The van der Waals surface area contributed by atoms with Crippen LogP contribution in [0.25, 0.3) is 10.8 Å². The fourth-order valence-electron chi connectivity index (χ4n) is 5.04. The largest absolute Gasteiger partial charge is 0.472 e. The van der Waals surface area contributed by atoms with Gasteiger partial charge in [-0.1, -0.05) is 75.7 Å². The number of fused-ring (bicyclic) bond motifs is 1. The number of hydrogen-bond donors (Lipinski definition) is 4. The molecule has 42 heavy (non-hydrogen) atoms. The maximum Gasteiger partial charge on any atom is 0.472 e. The van der Waals surface area contributed by atoms with Gasteiger partial charge in [0, 0.05) is 28.6 Å². The molecule has 0 aliphatic carbocycles. The fraction of sp³-hybridized carbons (Fsp3) is 0.355. The first kappa shape index (κ1) is 31.9. The Bertz CT molecular complexity index is 1590. The first-order valence-corrected chi connectivity index (χ1v) is 15.5. The number of H-pyrrole nitrogens is 1. The van der Waals surface area contributed by atoms with Crippen LogP contribution in [0, 0.1) is 11.3 Å². The highest BCUT2D eigenvalue weighted by molar-refractivity contribution is 7.47. The predicted molar refractivity (Wildman–Crippen MR) is 163 cm³/mol. The van der Waals surface area contributed by atoms with E-state index in [-0.39, 0.29) is 12.5 Å². The quantitative estimate of drug-likeness (QED) is 0.177. The van der Waals surface area contributed by atoms with Crippen molar-refractivity contribution >= 4 is 36.1 Å². The topological polar surface area (TPSA) is 134 Å². The standard InChI is InChI=1S/C20H23N3O2.C11H14ClO4P/c1-13(2)10-20(25,18-11-22-12-23-18)17-7-6-14-8-16(19(24)21-3)5-4-15(14)9-17;1-11(2)7-15-17(13,14)16-10(11)8-5-3-4-6-9(8)12/h4-9,11-13,25H,10H2,1-3H3,(H,21,24)(H,22,23);3-6,10H,7H2,1-2H3,(H,13,14)/t20-;10-/m00/s1. The second kappa shape index (κ2) is 12.7. The van der Waals surface area contributed by atoms with Crippen LogP contribution in [0.3, 0.4) is 0 Å². The summed E-state index contributed by atoms with van der Waals surface area (Å²) in [5.74, 6) is 0.194. The van der Waals surface area contributed by atoms with Gasteiger partial charge in [0.1, 0.15) is 11.7 Å². The summed E-state index contributed by atoms with van der Waals surface area (Å²) in [6.45, 7) is 8.12. The van der Waals surface area contributed by atoms with Crippen molar-refractivity contribution < 1.29 is 28.4 Å². The van der Waals surface area contributed by atoms with Crippen molar-refractivity contribution in [2.75, 3.05) is 13.7 Å². The summed E-state index contributed by atoms with van der Waals surface area (Å²) >= 11 is 6.09. The van der Waals surface area contributed by atoms with E-state index in [9.17, 15) is 19.4 Å². The normalized spacial score (nSPS) is 21.3. The molecule has 9 nitrogen and oxygen atoms in total. The number of amides is 1. The van der Waals surface area contributed by atoms with Crippen LogP contribution in [0.15, 0.2) is 73.2 Å². The lowest BCUT2D eigenvalue weighted by Crippen LogP contribution is -2.33. The zero-order valence-electron chi connectivity index (χ0n) is 24.3. The van der Waals surface area contributed by atoms with Gasteiger partial charge in [-0.25, -0.2) is 9.55 Å². The number of phosphoric acid groups is 1. The molecule has 0 saturated carbocycles. The molecule has 1 saturated heterocycles. The highest BCUT2D eigenvalue weighted by atomic mass is 35.5. The molecule has 0 radical (unpaired) electrons. The van der Waals surface area contributed by atoms with E-state index in [2.05, 4.69) is 29.1 Å². The molecule has 1 amide bonds. The van der Waals surface area contributed by atoms with Gasteiger partial charge in [-0.3, -0.25) is 13.8 Å². The van der Waals surface area contributed by atoms with Gasteiger partial charge in [0.2, 0.25) is 0 Å². The molecule has 224 valence electrons. The van der Waals surface area contributed by atoms with Gasteiger partial charge >= 0.3 is 7.82 Å². The Labute approximate surface area is 250 Å². The number of halogens is 1. The van der Waals surface area contributed by atoms with Gasteiger partial charge in [0.05, 0.1) is 24.8 Å². The summed E-state index contributed by atoms with van der Waals surface area (Å²) < 4.78 is 21.5. The number of aromatic nitrogens is 2. The van der Waals surface area contributed by atoms with Crippen LogP contribution in [0.1, 0.15) is 67.4 Å². The first-order chi connectivity index (χ1) is 19.8. The van der Waals surface area contributed by atoms with E-state index >= 15 is 0 Å². The van der Waals surface area contributed by atoms with Crippen LogP contribution in [-0.4, -0.2) is 39.5 Å². The minimum atomic E-state index is -3.97. The molecule has 4 N–H and O–H groups in total. The Hall–Kier alpha value is -3.04. The SMILES string of the molecule is CC1(C)COP(=O)(O)O[C@H]1c1ccccc1Cl.CNC(=O)c1ccc2cc([C@@](O)(CC(C)C)c3cnc[nH]3)ccc2c1. The fourth-order valence-corrected chi connectivity index (χ4v) is 6.50. The summed E-state index contributed by atoms with van der Waals surface area (Å²) in [7, 11) is -2.35. The van der Waals surface area contributed by atoms with Crippen LogP contribution >= 0.6 is 19.4 Å². The van der Waals surface area contributed by atoms with E-state index in [4.69, 9.17) is 20.6 Å². The molecule has 0 spiro atoms. The van der Waals surface area contributed by atoms with Crippen molar-refractivity contribution in [2.24, 2.45) is 11.3 Å². The Kier molecular flexibility index (Phi) is 9.62. The van der Waals surface area contributed by atoms with Gasteiger partial charge in [0.25, 0.3) is 5.91 Å². The highest BCUT2D eigenvalue weighted by Gasteiger charge is 2.45. The minimum Gasteiger partial charge on any atom is -0.379 e. The van der Waals surface area contributed by atoms with Crippen molar-refractivity contribution in [3.05, 3.63) is 101 Å². The van der Waals surface area contributed by atoms with Crippen LogP contribution in [-0.2, 0) is 19.2 Å². The Morgan fingerprint density at radius 3 is 2.52 bits per heavy atom. The lowest BCUT2D eigenvalue weighted by Gasteiger charge is -2.39. The second-order valence-corrected chi connectivity index (χ2v) is 13.3. The second-order valence-electron chi connectivity index (χ2n) is 11.5. The van der Waals surface area contributed by atoms with E-state index in [1.54, 1.807) is 43.8 Å². The van der Waals surface area contributed by atoms with Crippen molar-refractivity contribution in [3.63, 3.8) is 0 Å². The molecular weight excluding hydrogens is 577 g/mol. The summed E-state index contributed by atoms with van der Waals surface area (Å²) in [5.41, 5.74) is 1.28. The van der Waals surface area contributed by atoms with E-state index < -0.39 is 24.9 Å². The number of carbonyl (C=O) groups excluding carboxylic acids is 1. The molecule has 0 bridgehead atoms. The predicted octanol–water partition coefficient (Wildman–Crippen LogP) is 6.76. The zero-order valence-corrected chi connectivity index (χ0v) is 25.9. The van der Waals surface area contributed by atoms with Crippen LogP contribution in [0.4, 0.5) is 0 Å². The molecule has 3 aromatic carbocycles. The van der Waals surface area contributed by atoms with Gasteiger partial charge in [0.15, 0.2) is 0 Å². The van der Waals surface area contributed by atoms with E-state index in [0.29, 0.717) is 34.2 Å². The summed E-state index contributed by atoms with van der Waals surface area (Å²) in [5, 5.41) is 16.5. The molecule has 1 fully saturated rings. The minimum absolute atomic E-state index is 0.111. The van der Waals surface area contributed by atoms with E-state index in [0.717, 1.165) is 16.3 Å². The third kappa shape index (κ3) is 7.11. The molecule has 1 aromatic heterocycles. The number of aliphatic hydroxyl groups is 1. The third-order valence-corrected chi connectivity index (χ3v) is 8.47. The Balaban J connectivity index is 0.000000208. The molecule has 1 aliphatic rings. The number of aromatic amines is 1. The summed E-state index contributed by atoms with van der Waals surface area (Å²) in [4.78, 5) is 28.3. The van der Waals surface area contributed by atoms with Crippen molar-refractivity contribution in [1.82, 2.24) is 15.3 Å². The number of rotatable bonds is 6. The third-order valence-electron chi connectivity index (χ3n) is 7.19. The van der Waals surface area contributed by atoms with Crippen LogP contribution in [0.5, 0.6) is 0 Å². The number of nitrogens with zero attached hydrogens (tertiary/aromatic N) is 1. The number of carbonyl (C=O) groups is 1. The van der Waals surface area contributed by atoms with E-state index in [1.807, 2.05) is 50.2 Å². The highest BCUT2D eigenvalue weighted by Crippen LogP contribution is 2.58.